The predicted octanol–water partition coefficient (Wildman–Crippen LogP) is 2.16. The van der Waals surface area contributed by atoms with Crippen molar-refractivity contribution >= 4 is 23.9 Å². The molecule has 0 fully saturated rings. The summed E-state index contributed by atoms with van der Waals surface area (Å²) in [7, 11) is 0. The first-order chi connectivity index (χ1) is 6.31. The summed E-state index contributed by atoms with van der Waals surface area (Å²) in [4.78, 5) is 11.1. The monoisotopic (exact) mass is 233 g/mol. The van der Waals surface area contributed by atoms with Crippen molar-refractivity contribution in [3.8, 4) is 6.07 Å². The van der Waals surface area contributed by atoms with Gasteiger partial charge in [0.2, 0.25) is 0 Å². The molecule has 0 aromatic rings. The highest BCUT2D eigenvalue weighted by molar-refractivity contribution is 8.12. The van der Waals surface area contributed by atoms with Crippen LogP contribution in [0.1, 0.15) is 20.8 Å². The van der Waals surface area contributed by atoms with Gasteiger partial charge in [-0.15, -0.1) is 0 Å². The molecule has 0 aliphatic heterocycles. The number of Topliss-reactive ketones (excluding diaryl/α,β-unsaturated/α-hetero) is 1. The van der Waals surface area contributed by atoms with E-state index in [0.29, 0.717) is 12.5 Å². The average Bonchev–Trinajstić information content (AvgIpc) is 2.01. The zero-order valence-electron chi connectivity index (χ0n) is 8.98. The van der Waals surface area contributed by atoms with Gasteiger partial charge in [-0.05, 0) is 19.5 Å². The van der Waals surface area contributed by atoms with Crippen LogP contribution < -0.4 is 0 Å². The second kappa shape index (κ2) is 5.60. The van der Waals surface area contributed by atoms with E-state index in [-0.39, 0.29) is 5.78 Å². The molecule has 0 aliphatic rings. The number of carbonyl (C=O) groups excluding carboxylic acids is 1. The number of nitriles is 1. The Labute approximate surface area is 90.5 Å². The van der Waals surface area contributed by atoms with Gasteiger partial charge in [0.05, 0.1) is 18.9 Å². The van der Waals surface area contributed by atoms with E-state index >= 15 is 0 Å². The summed E-state index contributed by atoms with van der Waals surface area (Å²) >= 11 is 5.20. The van der Waals surface area contributed by atoms with Gasteiger partial charge in [0.25, 0.3) is 0 Å². The standard InChI is InChI=1S/C9H16NO2PS/c1-7(2)6-12-13(4,14)9(5-10)8(3)11/h7,9H,6H2,1-4H3/t9-,13-/m0/s1. The molecule has 0 saturated heterocycles. The summed E-state index contributed by atoms with van der Waals surface area (Å²) in [5, 5.41) is 8.81. The fourth-order valence-electron chi connectivity index (χ4n) is 0.898. The van der Waals surface area contributed by atoms with Crippen molar-refractivity contribution in [2.45, 2.75) is 26.4 Å². The third-order valence-corrected chi connectivity index (χ3v) is 4.67. The fourth-order valence-corrected chi connectivity index (χ4v) is 3.28. The van der Waals surface area contributed by atoms with Crippen LogP contribution in [0, 0.1) is 17.2 Å². The molecule has 5 heteroatoms. The van der Waals surface area contributed by atoms with E-state index in [1.807, 2.05) is 19.9 Å². The molecule has 14 heavy (non-hydrogen) atoms. The minimum atomic E-state index is -2.29. The molecule has 0 radical (unpaired) electrons. The summed E-state index contributed by atoms with van der Waals surface area (Å²) in [5.41, 5.74) is -0.753. The predicted molar refractivity (Wildman–Crippen MR) is 61.1 cm³/mol. The molecule has 0 bridgehead atoms. The van der Waals surface area contributed by atoms with Gasteiger partial charge in [-0.2, -0.15) is 5.26 Å². The van der Waals surface area contributed by atoms with E-state index in [2.05, 4.69) is 0 Å². The molecule has 0 N–H and O–H groups in total. The molecule has 0 rings (SSSR count). The Morgan fingerprint density at radius 1 is 1.64 bits per heavy atom. The van der Waals surface area contributed by atoms with E-state index in [9.17, 15) is 4.79 Å². The lowest BCUT2D eigenvalue weighted by molar-refractivity contribution is -0.115. The maximum atomic E-state index is 11.1. The quantitative estimate of drug-likeness (QED) is 0.683. The number of hydrogen-bond donors (Lipinski definition) is 0. The Bertz CT molecular complexity index is 296. The van der Waals surface area contributed by atoms with Crippen molar-refractivity contribution in [3.05, 3.63) is 0 Å². The summed E-state index contributed by atoms with van der Waals surface area (Å²) in [5.74, 6) is 0.172. The molecule has 0 aromatic heterocycles. The van der Waals surface area contributed by atoms with Gasteiger partial charge in [0.1, 0.15) is 0 Å². The van der Waals surface area contributed by atoms with Gasteiger partial charge in [0.15, 0.2) is 11.4 Å². The number of nitrogens with zero attached hydrogens (tertiary/aromatic N) is 1. The van der Waals surface area contributed by atoms with Crippen LogP contribution in [0.25, 0.3) is 0 Å². The molecule has 80 valence electrons. The molecule has 0 aliphatic carbocycles. The Morgan fingerprint density at radius 3 is 2.43 bits per heavy atom. The molecule has 3 nitrogen and oxygen atoms in total. The normalized spacial score (nSPS) is 17.1. The van der Waals surface area contributed by atoms with E-state index in [1.165, 1.54) is 6.92 Å². The van der Waals surface area contributed by atoms with Crippen molar-refractivity contribution in [2.24, 2.45) is 5.92 Å². The highest BCUT2D eigenvalue weighted by Crippen LogP contribution is 2.48. The number of carbonyl (C=O) groups is 1. The molecular weight excluding hydrogens is 217 g/mol. The maximum Gasteiger partial charge on any atom is 0.155 e. The summed E-state index contributed by atoms with van der Waals surface area (Å²) in [6.07, 6.45) is -2.29. The van der Waals surface area contributed by atoms with Crippen LogP contribution in [0.3, 0.4) is 0 Å². The topological polar surface area (TPSA) is 50.1 Å². The highest BCUT2D eigenvalue weighted by atomic mass is 32.4. The van der Waals surface area contributed by atoms with Gasteiger partial charge >= 0.3 is 0 Å². The first-order valence-corrected chi connectivity index (χ1v) is 7.66. The van der Waals surface area contributed by atoms with Crippen LogP contribution in [0.5, 0.6) is 0 Å². The smallest absolute Gasteiger partial charge is 0.155 e. The lowest BCUT2D eigenvalue weighted by Gasteiger charge is -2.21. The van der Waals surface area contributed by atoms with Gasteiger partial charge in [0, 0.05) is 0 Å². The number of hydrogen-bond acceptors (Lipinski definition) is 4. The maximum absolute atomic E-state index is 11.1. The SMILES string of the molecule is CC(=O)[C@H](C#N)[P@](C)(=S)OCC(C)C. The second-order valence-electron chi connectivity index (χ2n) is 3.74. The molecule has 0 spiro atoms. The molecular formula is C9H16NO2PS. The van der Waals surface area contributed by atoms with Gasteiger partial charge in [-0.25, -0.2) is 0 Å². The molecule has 0 amide bonds. The van der Waals surface area contributed by atoms with E-state index < -0.39 is 11.9 Å². The van der Waals surface area contributed by atoms with Crippen LogP contribution in [-0.2, 0) is 21.1 Å². The Kier molecular flexibility index (Phi) is 5.51. The third-order valence-electron chi connectivity index (χ3n) is 1.64. The zero-order valence-corrected chi connectivity index (χ0v) is 10.7. The lowest BCUT2D eigenvalue weighted by atomic mass is 10.2. The zero-order chi connectivity index (χ0) is 11.4. The Hall–Kier alpha value is -0.230. The molecule has 0 aromatic carbocycles. The summed E-state index contributed by atoms with van der Waals surface area (Å²) in [6.45, 7) is 7.62. The molecule has 0 unspecified atom stereocenters. The van der Waals surface area contributed by atoms with Crippen molar-refractivity contribution in [1.29, 1.82) is 5.26 Å². The molecule has 0 saturated carbocycles. The number of ketones is 1. The largest absolute Gasteiger partial charge is 0.349 e. The first kappa shape index (κ1) is 13.8. The first-order valence-electron chi connectivity index (χ1n) is 4.43. The fraction of sp³-hybridized carbons (Fsp3) is 0.778. The minimum Gasteiger partial charge on any atom is -0.349 e. The van der Waals surface area contributed by atoms with Crippen molar-refractivity contribution in [2.75, 3.05) is 13.3 Å². The molecule has 0 heterocycles. The van der Waals surface area contributed by atoms with Crippen molar-refractivity contribution < 1.29 is 9.32 Å². The second-order valence-corrected chi connectivity index (χ2v) is 8.51. The Balaban J connectivity index is 4.52. The van der Waals surface area contributed by atoms with Crippen LogP contribution in [0.2, 0.25) is 0 Å². The molecule has 2 atom stereocenters. The minimum absolute atomic E-state index is 0.193. The van der Waals surface area contributed by atoms with Crippen LogP contribution in [0.15, 0.2) is 0 Å². The van der Waals surface area contributed by atoms with Crippen LogP contribution >= 0.6 is 6.26 Å². The van der Waals surface area contributed by atoms with Gasteiger partial charge in [-0.1, -0.05) is 25.7 Å². The van der Waals surface area contributed by atoms with E-state index in [4.69, 9.17) is 21.6 Å². The van der Waals surface area contributed by atoms with E-state index in [1.54, 1.807) is 6.66 Å². The highest BCUT2D eigenvalue weighted by Gasteiger charge is 2.28. The third kappa shape index (κ3) is 4.32. The van der Waals surface area contributed by atoms with Gasteiger partial charge in [-0.3, -0.25) is 4.79 Å². The van der Waals surface area contributed by atoms with Crippen LogP contribution in [0.4, 0.5) is 0 Å². The van der Waals surface area contributed by atoms with Crippen molar-refractivity contribution in [1.82, 2.24) is 0 Å². The van der Waals surface area contributed by atoms with Crippen LogP contribution in [-0.4, -0.2) is 24.7 Å². The summed E-state index contributed by atoms with van der Waals surface area (Å²) < 4.78 is 5.49. The number of rotatable bonds is 5. The van der Waals surface area contributed by atoms with E-state index in [0.717, 1.165) is 0 Å². The Morgan fingerprint density at radius 2 is 2.14 bits per heavy atom. The van der Waals surface area contributed by atoms with Gasteiger partial charge < -0.3 is 4.52 Å². The average molecular weight is 233 g/mol. The lowest BCUT2D eigenvalue weighted by Crippen LogP contribution is -2.17. The van der Waals surface area contributed by atoms with Crippen molar-refractivity contribution in [3.63, 3.8) is 0 Å². The summed E-state index contributed by atoms with van der Waals surface area (Å²) in [6, 6.07) is 1.94.